The summed E-state index contributed by atoms with van der Waals surface area (Å²) in [4.78, 5) is 2.51. The highest BCUT2D eigenvalue weighted by molar-refractivity contribution is 7.90. The standard InChI is InChI=1S/C21H29ClN2O2S/c1-20(2,3)27(25,26)24-13-16(11-21(24)7-4-8-21)23-12-14-9-17(14)18-10-15(22)5-6-19(18)23/h5-6,10,14,16-17H,4,7-9,11-13H2,1-3H3. The van der Waals surface area contributed by atoms with Gasteiger partial charge in [0.1, 0.15) is 0 Å². The Kier molecular flexibility index (Phi) is 3.81. The molecule has 0 bridgehead atoms. The predicted molar refractivity (Wildman–Crippen MR) is 110 cm³/mol. The number of halogens is 1. The fourth-order valence-corrected chi connectivity index (χ4v) is 7.51. The summed E-state index contributed by atoms with van der Waals surface area (Å²) in [6, 6.07) is 6.53. The van der Waals surface area contributed by atoms with E-state index in [-0.39, 0.29) is 11.6 Å². The zero-order valence-corrected chi connectivity index (χ0v) is 18.0. The largest absolute Gasteiger partial charge is 0.367 e. The first kappa shape index (κ1) is 18.3. The number of sulfonamides is 1. The van der Waals surface area contributed by atoms with Gasteiger partial charge in [0.2, 0.25) is 10.0 Å². The Bertz CT molecular complexity index is 888. The van der Waals surface area contributed by atoms with E-state index >= 15 is 0 Å². The lowest BCUT2D eigenvalue weighted by molar-refractivity contribution is 0.125. The first-order valence-corrected chi connectivity index (χ1v) is 12.0. The fraction of sp³-hybridized carbons (Fsp3) is 0.714. The second-order valence-electron chi connectivity index (χ2n) is 10.0. The molecule has 0 aromatic heterocycles. The van der Waals surface area contributed by atoms with Gasteiger partial charge in [-0.25, -0.2) is 8.42 Å². The molecule has 5 rings (SSSR count). The van der Waals surface area contributed by atoms with Crippen LogP contribution in [0.5, 0.6) is 0 Å². The predicted octanol–water partition coefficient (Wildman–Crippen LogP) is 4.39. The molecule has 2 aliphatic carbocycles. The molecular formula is C21H29ClN2O2S. The molecule has 4 aliphatic rings. The van der Waals surface area contributed by atoms with Gasteiger partial charge >= 0.3 is 0 Å². The maximum atomic E-state index is 13.3. The van der Waals surface area contributed by atoms with Crippen LogP contribution in [0.4, 0.5) is 5.69 Å². The highest BCUT2D eigenvalue weighted by Crippen LogP contribution is 2.57. The maximum absolute atomic E-state index is 13.3. The van der Waals surface area contributed by atoms with Crippen LogP contribution in [0.25, 0.3) is 0 Å². The van der Waals surface area contributed by atoms with E-state index < -0.39 is 14.8 Å². The molecule has 2 aliphatic heterocycles. The topological polar surface area (TPSA) is 40.6 Å². The van der Waals surface area contributed by atoms with Crippen molar-refractivity contribution < 1.29 is 8.42 Å². The molecule has 3 atom stereocenters. The number of nitrogens with zero attached hydrogens (tertiary/aromatic N) is 2. The molecule has 3 unspecified atom stereocenters. The van der Waals surface area contributed by atoms with Gasteiger partial charge in [0.25, 0.3) is 0 Å². The summed E-state index contributed by atoms with van der Waals surface area (Å²) in [6.45, 7) is 7.17. The third kappa shape index (κ3) is 2.61. The van der Waals surface area contributed by atoms with Crippen LogP contribution >= 0.6 is 11.6 Å². The van der Waals surface area contributed by atoms with E-state index in [1.807, 2.05) is 31.1 Å². The SMILES string of the molecule is CC(C)(C)S(=O)(=O)N1CC(N2CC3CC3c3cc(Cl)ccc32)CC12CCC2. The molecule has 6 heteroatoms. The van der Waals surface area contributed by atoms with Crippen LogP contribution in [0.2, 0.25) is 5.02 Å². The van der Waals surface area contributed by atoms with E-state index in [1.165, 1.54) is 17.7 Å². The monoisotopic (exact) mass is 408 g/mol. The summed E-state index contributed by atoms with van der Waals surface area (Å²) < 4.78 is 27.8. The zero-order chi connectivity index (χ0) is 19.2. The van der Waals surface area contributed by atoms with Crippen LogP contribution in [-0.2, 0) is 10.0 Å². The summed E-state index contributed by atoms with van der Waals surface area (Å²) in [5, 5.41) is 0.806. The molecule has 1 saturated heterocycles. The Morgan fingerprint density at radius 2 is 1.93 bits per heavy atom. The molecule has 1 aromatic rings. The third-order valence-electron chi connectivity index (χ3n) is 7.36. The van der Waals surface area contributed by atoms with Crippen molar-refractivity contribution >= 4 is 27.3 Å². The molecule has 4 nitrogen and oxygen atoms in total. The van der Waals surface area contributed by atoms with Crippen LogP contribution in [0, 0.1) is 5.92 Å². The van der Waals surface area contributed by atoms with E-state index in [9.17, 15) is 8.42 Å². The summed E-state index contributed by atoms with van der Waals surface area (Å²) in [7, 11) is -3.32. The van der Waals surface area contributed by atoms with Crippen molar-refractivity contribution in [3.05, 3.63) is 28.8 Å². The summed E-state index contributed by atoms with van der Waals surface area (Å²) in [5.41, 5.74) is 2.51. The van der Waals surface area contributed by atoms with Crippen LogP contribution in [0.15, 0.2) is 18.2 Å². The summed E-state index contributed by atoms with van der Waals surface area (Å²) in [5.74, 6) is 1.37. The first-order valence-electron chi connectivity index (χ1n) is 10.2. The molecule has 27 heavy (non-hydrogen) atoms. The van der Waals surface area contributed by atoms with Crippen molar-refractivity contribution in [2.24, 2.45) is 5.92 Å². The molecule has 3 fully saturated rings. The van der Waals surface area contributed by atoms with Crippen molar-refractivity contribution in [1.82, 2.24) is 4.31 Å². The Hall–Kier alpha value is -0.780. The summed E-state index contributed by atoms with van der Waals surface area (Å²) >= 11 is 6.27. The van der Waals surface area contributed by atoms with E-state index in [0.29, 0.717) is 18.4 Å². The van der Waals surface area contributed by atoms with E-state index in [0.717, 1.165) is 37.3 Å². The highest BCUT2D eigenvalue weighted by atomic mass is 35.5. The minimum absolute atomic E-state index is 0.149. The van der Waals surface area contributed by atoms with Crippen molar-refractivity contribution in [1.29, 1.82) is 0 Å². The number of anilines is 1. The fourth-order valence-electron chi connectivity index (χ4n) is 5.53. The molecule has 0 N–H and O–H groups in total. The lowest BCUT2D eigenvalue weighted by Gasteiger charge is -2.46. The quantitative estimate of drug-likeness (QED) is 0.728. The zero-order valence-electron chi connectivity index (χ0n) is 16.4. The van der Waals surface area contributed by atoms with Gasteiger partial charge in [-0.3, -0.25) is 0 Å². The molecule has 2 saturated carbocycles. The second kappa shape index (κ2) is 5.64. The first-order chi connectivity index (χ1) is 12.6. The normalized spacial score (nSPS) is 32.1. The Balaban J connectivity index is 1.50. The third-order valence-corrected chi connectivity index (χ3v) is 10.3. The number of hydrogen-bond acceptors (Lipinski definition) is 3. The Labute approximate surface area is 167 Å². The van der Waals surface area contributed by atoms with Gasteiger partial charge in [-0.05, 0) is 88.5 Å². The lowest BCUT2D eigenvalue weighted by atomic mass is 9.75. The average molecular weight is 409 g/mol. The smallest absolute Gasteiger partial charge is 0.219 e. The van der Waals surface area contributed by atoms with Gasteiger partial charge in [-0.1, -0.05) is 11.6 Å². The molecule has 1 spiro atoms. The Morgan fingerprint density at radius 1 is 1.19 bits per heavy atom. The minimum atomic E-state index is -3.32. The maximum Gasteiger partial charge on any atom is 0.219 e. The molecular weight excluding hydrogens is 380 g/mol. The minimum Gasteiger partial charge on any atom is -0.367 e. The number of hydrogen-bond donors (Lipinski definition) is 0. The number of benzene rings is 1. The Morgan fingerprint density at radius 3 is 2.56 bits per heavy atom. The van der Waals surface area contributed by atoms with E-state index in [1.54, 1.807) is 0 Å². The number of fused-ring (bicyclic) bond motifs is 3. The van der Waals surface area contributed by atoms with Crippen LogP contribution < -0.4 is 4.90 Å². The summed E-state index contributed by atoms with van der Waals surface area (Å²) in [6.07, 6.45) is 5.35. The molecule has 0 radical (unpaired) electrons. The van der Waals surface area contributed by atoms with Crippen LogP contribution in [0.1, 0.15) is 64.4 Å². The van der Waals surface area contributed by atoms with Crippen molar-refractivity contribution in [3.63, 3.8) is 0 Å². The van der Waals surface area contributed by atoms with Gasteiger partial charge in [0, 0.05) is 35.4 Å². The van der Waals surface area contributed by atoms with Crippen LogP contribution in [0.3, 0.4) is 0 Å². The molecule has 148 valence electrons. The molecule has 0 amide bonds. The molecule has 1 aromatic carbocycles. The van der Waals surface area contributed by atoms with Crippen molar-refractivity contribution in [2.75, 3.05) is 18.0 Å². The van der Waals surface area contributed by atoms with Crippen molar-refractivity contribution in [2.45, 2.75) is 75.1 Å². The van der Waals surface area contributed by atoms with Gasteiger partial charge in [0.05, 0.1) is 4.75 Å². The van der Waals surface area contributed by atoms with Gasteiger partial charge in [-0.2, -0.15) is 4.31 Å². The lowest BCUT2D eigenvalue weighted by Crippen LogP contribution is -2.56. The highest BCUT2D eigenvalue weighted by Gasteiger charge is 2.58. The molecule has 2 heterocycles. The van der Waals surface area contributed by atoms with Gasteiger partial charge < -0.3 is 4.90 Å². The van der Waals surface area contributed by atoms with Crippen LogP contribution in [-0.4, -0.2) is 42.1 Å². The average Bonchev–Trinajstić information content (AvgIpc) is 3.21. The number of rotatable bonds is 2. The van der Waals surface area contributed by atoms with E-state index in [2.05, 4.69) is 17.0 Å². The van der Waals surface area contributed by atoms with Crippen molar-refractivity contribution in [3.8, 4) is 0 Å². The van der Waals surface area contributed by atoms with E-state index in [4.69, 9.17) is 11.6 Å². The second-order valence-corrected chi connectivity index (χ2v) is 13.1. The van der Waals surface area contributed by atoms with Gasteiger partial charge in [0.15, 0.2) is 0 Å². The van der Waals surface area contributed by atoms with Gasteiger partial charge in [-0.15, -0.1) is 0 Å².